The second-order valence-electron chi connectivity index (χ2n) is 12.9. The first-order chi connectivity index (χ1) is 22.2. The van der Waals surface area contributed by atoms with E-state index >= 15 is 0 Å². The van der Waals surface area contributed by atoms with Gasteiger partial charge in [0, 0.05) is 55.3 Å². The molecule has 2 aromatic carbocycles. The predicted molar refractivity (Wildman–Crippen MR) is 169 cm³/mol. The molecule has 0 saturated carbocycles. The SMILES string of the molecule is C#Cc1c(F)ccc2c(C(=O)O)c(O)cc(Cc3nc4c(N5CC6CCC(C5)N6)nc(OC[C@@]56CCCN5C[C@H](F)C6)nc4s3)c12. The Hall–Kier alpha value is -4.12. The number of benzene rings is 2. The van der Waals surface area contributed by atoms with Gasteiger partial charge in [0.05, 0.1) is 11.1 Å². The molecule has 2 unspecified atom stereocenters. The fourth-order valence-corrected chi connectivity index (χ4v) is 8.99. The third-order valence-electron chi connectivity index (χ3n) is 10.0. The van der Waals surface area contributed by atoms with Crippen LogP contribution >= 0.6 is 11.3 Å². The minimum Gasteiger partial charge on any atom is -0.507 e. The van der Waals surface area contributed by atoms with Crippen LogP contribution in [0.5, 0.6) is 11.8 Å². The number of aromatic carboxylic acids is 1. The highest BCUT2D eigenvalue weighted by Crippen LogP contribution is 2.41. The standard InChI is InChI=1S/C33H32F2N6O4S/c1-2-21-23(35)7-6-22-26(21)17(10-24(42)27(22)31(43)44)11-25-37-28-29(40-14-19-4-5-20(15-40)36-19)38-32(39-30(28)46-25)45-16-33-8-3-9-41(33)13-18(34)12-33/h1,6-7,10,18-20,36,42H,3-5,8-9,11-16H2,(H,43,44)/t18-,19?,20?,33+/m1/s1. The Kier molecular flexibility index (Phi) is 7.00. The smallest absolute Gasteiger partial charge is 0.340 e. The van der Waals surface area contributed by atoms with Crippen LogP contribution in [0, 0.1) is 18.2 Å². The summed E-state index contributed by atoms with van der Waals surface area (Å²) in [7, 11) is 0. The van der Waals surface area contributed by atoms with E-state index in [1.165, 1.54) is 23.5 Å². The number of phenols is 1. The number of rotatable bonds is 7. The van der Waals surface area contributed by atoms with E-state index in [0.29, 0.717) is 58.4 Å². The molecule has 3 N–H and O–H groups in total. The van der Waals surface area contributed by atoms with Crippen LogP contribution in [0.25, 0.3) is 21.1 Å². The average molecular weight is 647 g/mol. The van der Waals surface area contributed by atoms with Gasteiger partial charge in [-0.3, -0.25) is 4.90 Å². The van der Waals surface area contributed by atoms with Crippen molar-refractivity contribution in [3.05, 3.63) is 45.7 Å². The van der Waals surface area contributed by atoms with E-state index in [-0.39, 0.29) is 39.9 Å². The Morgan fingerprint density at radius 3 is 2.78 bits per heavy atom. The van der Waals surface area contributed by atoms with Crippen LogP contribution in [0.15, 0.2) is 18.2 Å². The second-order valence-corrected chi connectivity index (χ2v) is 14.0. The number of thiazole rings is 1. The minimum atomic E-state index is -1.35. The molecule has 46 heavy (non-hydrogen) atoms. The number of terminal acetylenes is 1. The fourth-order valence-electron chi connectivity index (χ4n) is 8.04. The topological polar surface area (TPSA) is 124 Å². The highest BCUT2D eigenvalue weighted by Gasteiger charge is 2.49. The van der Waals surface area contributed by atoms with Crippen LogP contribution in [-0.2, 0) is 6.42 Å². The zero-order valence-corrected chi connectivity index (χ0v) is 25.7. The number of piperazine rings is 1. The number of hydrogen-bond donors (Lipinski definition) is 3. The lowest BCUT2D eigenvalue weighted by Gasteiger charge is -2.34. The largest absolute Gasteiger partial charge is 0.507 e. The number of carboxylic acid groups (broad SMARTS) is 1. The van der Waals surface area contributed by atoms with Gasteiger partial charge >= 0.3 is 12.0 Å². The predicted octanol–water partition coefficient (Wildman–Crippen LogP) is 4.25. The monoisotopic (exact) mass is 646 g/mol. The molecule has 4 atom stereocenters. The molecule has 0 radical (unpaired) electrons. The second kappa shape index (κ2) is 11.0. The lowest BCUT2D eigenvalue weighted by atomic mass is 9.93. The zero-order chi connectivity index (χ0) is 31.7. The first-order valence-electron chi connectivity index (χ1n) is 15.6. The van der Waals surface area contributed by atoms with Gasteiger partial charge in [0.15, 0.2) is 10.6 Å². The first-order valence-corrected chi connectivity index (χ1v) is 16.4. The summed E-state index contributed by atoms with van der Waals surface area (Å²) in [6.45, 7) is 3.11. The summed E-state index contributed by atoms with van der Waals surface area (Å²) in [6, 6.07) is 4.66. The minimum absolute atomic E-state index is 0.0775. The number of nitrogens with zero attached hydrogens (tertiary/aromatic N) is 5. The molecule has 4 saturated heterocycles. The van der Waals surface area contributed by atoms with Gasteiger partial charge in [-0.15, -0.1) is 6.42 Å². The van der Waals surface area contributed by atoms with Crippen molar-refractivity contribution in [2.75, 3.05) is 37.7 Å². The number of carboxylic acids is 1. The molecule has 4 aliphatic rings. The van der Waals surface area contributed by atoms with Crippen LogP contribution in [-0.4, -0.2) is 92.6 Å². The summed E-state index contributed by atoms with van der Waals surface area (Å²) in [5, 5.41) is 25.2. The van der Waals surface area contributed by atoms with Crippen molar-refractivity contribution >= 4 is 44.2 Å². The maximum Gasteiger partial charge on any atom is 0.340 e. The summed E-state index contributed by atoms with van der Waals surface area (Å²) in [5.74, 6) is 0.578. The molecule has 238 valence electrons. The van der Waals surface area contributed by atoms with E-state index in [1.807, 2.05) is 0 Å². The Morgan fingerprint density at radius 2 is 2.02 bits per heavy atom. The molecule has 2 aromatic heterocycles. The number of fused-ring (bicyclic) bond motifs is 5. The van der Waals surface area contributed by atoms with Gasteiger partial charge in [-0.1, -0.05) is 23.3 Å². The number of nitrogens with one attached hydrogen (secondary N) is 1. The van der Waals surface area contributed by atoms with Gasteiger partial charge in [-0.2, -0.15) is 9.97 Å². The van der Waals surface area contributed by atoms with Crippen LogP contribution in [0.4, 0.5) is 14.6 Å². The number of aromatic hydroxyl groups is 1. The highest BCUT2D eigenvalue weighted by molar-refractivity contribution is 7.18. The summed E-state index contributed by atoms with van der Waals surface area (Å²) in [4.78, 5) is 31.6. The summed E-state index contributed by atoms with van der Waals surface area (Å²) < 4.78 is 35.6. The average Bonchev–Trinajstić information content (AvgIpc) is 3.77. The quantitative estimate of drug-likeness (QED) is 0.251. The Labute approximate surface area is 267 Å². The van der Waals surface area contributed by atoms with Gasteiger partial charge < -0.3 is 25.2 Å². The maximum absolute atomic E-state index is 14.9. The molecule has 2 bridgehead atoms. The lowest BCUT2D eigenvalue weighted by molar-refractivity contribution is 0.0696. The van der Waals surface area contributed by atoms with Crippen LogP contribution in [0.1, 0.15) is 58.6 Å². The van der Waals surface area contributed by atoms with Crippen LogP contribution < -0.4 is 15.0 Å². The van der Waals surface area contributed by atoms with Gasteiger partial charge in [-0.25, -0.2) is 18.6 Å². The molecule has 0 amide bonds. The van der Waals surface area contributed by atoms with E-state index in [1.54, 1.807) is 0 Å². The number of halogens is 2. The third-order valence-corrected chi connectivity index (χ3v) is 11.0. The van der Waals surface area contributed by atoms with Gasteiger partial charge in [0.25, 0.3) is 0 Å². The molecular weight excluding hydrogens is 614 g/mol. The summed E-state index contributed by atoms with van der Waals surface area (Å²) >= 11 is 1.32. The first kappa shape index (κ1) is 29.3. The summed E-state index contributed by atoms with van der Waals surface area (Å²) in [5.41, 5.74) is 0.284. The Balaban J connectivity index is 1.20. The van der Waals surface area contributed by atoms with Gasteiger partial charge in [0.1, 0.15) is 40.4 Å². The summed E-state index contributed by atoms with van der Waals surface area (Å²) in [6.07, 6.45) is 9.44. The van der Waals surface area contributed by atoms with E-state index in [9.17, 15) is 23.8 Å². The number of carbonyl (C=O) groups is 1. The molecule has 0 spiro atoms. The van der Waals surface area contributed by atoms with Crippen molar-refractivity contribution in [3.63, 3.8) is 0 Å². The van der Waals surface area contributed by atoms with Crippen molar-refractivity contribution in [2.45, 2.75) is 62.3 Å². The number of hydrogen-bond acceptors (Lipinski definition) is 10. The molecule has 6 heterocycles. The fraction of sp³-hybridized carbons (Fsp3) is 0.455. The normalized spacial score (nSPS) is 25.8. The molecular formula is C33H32F2N6O4S. The van der Waals surface area contributed by atoms with Crippen molar-refractivity contribution in [1.82, 2.24) is 25.2 Å². The number of alkyl halides is 1. The third kappa shape index (κ3) is 4.82. The molecule has 8 rings (SSSR count). The molecule has 0 aliphatic carbocycles. The molecule has 10 nitrogen and oxygen atoms in total. The number of aromatic nitrogens is 3. The maximum atomic E-state index is 14.9. The van der Waals surface area contributed by atoms with E-state index < -0.39 is 23.7 Å². The van der Waals surface area contributed by atoms with Crippen LogP contribution in [0.3, 0.4) is 0 Å². The lowest BCUT2D eigenvalue weighted by Crippen LogP contribution is -2.51. The van der Waals surface area contributed by atoms with Crippen molar-refractivity contribution in [3.8, 4) is 24.1 Å². The van der Waals surface area contributed by atoms with Crippen molar-refractivity contribution in [2.24, 2.45) is 0 Å². The molecule has 4 aromatic rings. The molecule has 13 heteroatoms. The van der Waals surface area contributed by atoms with Crippen molar-refractivity contribution < 1.29 is 28.5 Å². The number of ether oxygens (including phenoxy) is 1. The van der Waals surface area contributed by atoms with E-state index in [2.05, 4.69) is 21.0 Å². The molecule has 4 fully saturated rings. The highest BCUT2D eigenvalue weighted by atomic mass is 32.1. The van der Waals surface area contributed by atoms with E-state index in [4.69, 9.17) is 26.1 Å². The van der Waals surface area contributed by atoms with E-state index in [0.717, 1.165) is 51.4 Å². The number of anilines is 1. The van der Waals surface area contributed by atoms with Gasteiger partial charge in [-0.05, 0) is 49.9 Å². The zero-order valence-electron chi connectivity index (χ0n) is 24.9. The Bertz CT molecular complexity index is 1940. The van der Waals surface area contributed by atoms with Gasteiger partial charge in [0.2, 0.25) is 0 Å². The van der Waals surface area contributed by atoms with Crippen LogP contribution in [0.2, 0.25) is 0 Å². The Morgan fingerprint density at radius 1 is 1.22 bits per heavy atom. The van der Waals surface area contributed by atoms with Crippen molar-refractivity contribution in [1.29, 1.82) is 0 Å². The molecule has 4 aliphatic heterocycles.